The van der Waals surface area contributed by atoms with Crippen LogP contribution < -0.4 is 19.7 Å². The lowest BCUT2D eigenvalue weighted by molar-refractivity contribution is -0.384. The largest absolute Gasteiger partial charge is 0.496 e. The van der Waals surface area contributed by atoms with Crippen molar-refractivity contribution in [1.29, 1.82) is 0 Å². The monoisotopic (exact) mass is 464 g/mol. The molecule has 9 nitrogen and oxygen atoms in total. The third-order valence-corrected chi connectivity index (χ3v) is 5.51. The average molecular weight is 465 g/mol. The number of carbonyl (C=O) groups is 1. The molecule has 0 aromatic heterocycles. The van der Waals surface area contributed by atoms with Gasteiger partial charge in [0.1, 0.15) is 17.2 Å². The van der Waals surface area contributed by atoms with Crippen molar-refractivity contribution in [3.05, 3.63) is 57.1 Å². The van der Waals surface area contributed by atoms with Crippen molar-refractivity contribution in [2.75, 3.05) is 45.3 Å². The maximum Gasteiger partial charge on any atom is 0.296 e. The standard InChI is InChI=1S/C20H21ClN4O5S/c1-29-14-4-5-16(17(12-14)25(27)28)23-7-9-24(10-8-23)20(31)22-19(26)15-11-13(21)3-6-18(15)30-2/h3-6,11-12H,7-10H2,1-2H3,(H,22,26,31). The van der Waals surface area contributed by atoms with Crippen LogP contribution in [0, 0.1) is 10.1 Å². The van der Waals surface area contributed by atoms with E-state index in [2.05, 4.69) is 5.32 Å². The van der Waals surface area contributed by atoms with Gasteiger partial charge in [-0.25, -0.2) is 0 Å². The zero-order valence-corrected chi connectivity index (χ0v) is 18.5. The van der Waals surface area contributed by atoms with Crippen molar-refractivity contribution in [2.24, 2.45) is 0 Å². The van der Waals surface area contributed by atoms with E-state index in [0.717, 1.165) is 0 Å². The van der Waals surface area contributed by atoms with Gasteiger partial charge in [-0.1, -0.05) is 11.6 Å². The number of hydrogen-bond acceptors (Lipinski definition) is 7. The summed E-state index contributed by atoms with van der Waals surface area (Å²) in [4.78, 5) is 27.4. The second-order valence-corrected chi connectivity index (χ2v) is 7.51. The second kappa shape index (κ2) is 9.80. The van der Waals surface area contributed by atoms with Crippen LogP contribution in [0.5, 0.6) is 11.5 Å². The molecule has 11 heteroatoms. The SMILES string of the molecule is COc1ccc(N2CCN(C(=S)NC(=O)c3cc(Cl)ccc3OC)CC2)c([N+](=O)[O-])c1. The van der Waals surface area contributed by atoms with Gasteiger partial charge in [-0.15, -0.1) is 0 Å². The molecule has 1 heterocycles. The Hall–Kier alpha value is -3.11. The molecule has 1 amide bonds. The molecular formula is C20H21ClN4O5S. The van der Waals surface area contributed by atoms with E-state index < -0.39 is 10.8 Å². The van der Waals surface area contributed by atoms with Crippen molar-refractivity contribution < 1.29 is 19.2 Å². The Morgan fingerprint density at radius 1 is 1.13 bits per heavy atom. The lowest BCUT2D eigenvalue weighted by Crippen LogP contribution is -2.52. The molecule has 0 spiro atoms. The molecule has 0 radical (unpaired) electrons. The van der Waals surface area contributed by atoms with Gasteiger partial charge in [-0.3, -0.25) is 20.2 Å². The maximum absolute atomic E-state index is 12.6. The number of piperazine rings is 1. The van der Waals surface area contributed by atoms with Crippen LogP contribution in [0.3, 0.4) is 0 Å². The molecule has 1 saturated heterocycles. The number of rotatable bonds is 5. The van der Waals surface area contributed by atoms with Crippen LogP contribution in [0.2, 0.25) is 5.02 Å². The predicted molar refractivity (Wildman–Crippen MR) is 122 cm³/mol. The highest BCUT2D eigenvalue weighted by atomic mass is 35.5. The second-order valence-electron chi connectivity index (χ2n) is 6.69. The van der Waals surface area contributed by atoms with Gasteiger partial charge in [0.25, 0.3) is 11.6 Å². The van der Waals surface area contributed by atoms with Crippen molar-refractivity contribution in [3.8, 4) is 11.5 Å². The number of amides is 1. The summed E-state index contributed by atoms with van der Waals surface area (Å²) >= 11 is 11.4. The van der Waals surface area contributed by atoms with E-state index >= 15 is 0 Å². The molecule has 3 rings (SSSR count). The summed E-state index contributed by atoms with van der Waals surface area (Å²) in [6.45, 7) is 2.00. The topological polar surface area (TPSA) is 97.2 Å². The highest BCUT2D eigenvalue weighted by Gasteiger charge is 2.26. The number of hydrogen-bond donors (Lipinski definition) is 1. The number of anilines is 1. The maximum atomic E-state index is 12.6. The molecule has 1 aliphatic heterocycles. The number of nitrogens with zero attached hydrogens (tertiary/aromatic N) is 3. The minimum atomic E-state index is -0.423. The molecule has 164 valence electrons. The van der Waals surface area contributed by atoms with Gasteiger partial charge in [-0.05, 0) is 42.5 Å². The Balaban J connectivity index is 1.65. The number of nitro benzene ring substituents is 1. The van der Waals surface area contributed by atoms with E-state index in [1.807, 2.05) is 9.80 Å². The summed E-state index contributed by atoms with van der Waals surface area (Å²) in [5, 5.41) is 14.8. The third kappa shape index (κ3) is 5.15. The van der Waals surface area contributed by atoms with Crippen molar-refractivity contribution >= 4 is 46.2 Å². The number of halogens is 1. The van der Waals surface area contributed by atoms with Crippen molar-refractivity contribution in [1.82, 2.24) is 10.2 Å². The molecule has 1 fully saturated rings. The lowest BCUT2D eigenvalue weighted by atomic mass is 10.2. The summed E-state index contributed by atoms with van der Waals surface area (Å²) in [5.41, 5.74) is 0.783. The summed E-state index contributed by atoms with van der Waals surface area (Å²) in [6.07, 6.45) is 0. The fraction of sp³-hybridized carbons (Fsp3) is 0.300. The van der Waals surface area contributed by atoms with E-state index in [1.165, 1.54) is 26.4 Å². The van der Waals surface area contributed by atoms with Gasteiger partial charge in [0.05, 0.1) is 30.8 Å². The van der Waals surface area contributed by atoms with E-state index in [-0.39, 0.29) is 16.4 Å². The van der Waals surface area contributed by atoms with Crippen LogP contribution in [-0.4, -0.2) is 61.2 Å². The molecule has 2 aromatic rings. The molecule has 0 saturated carbocycles. The Bertz CT molecular complexity index is 1010. The molecule has 1 aliphatic rings. The van der Waals surface area contributed by atoms with E-state index in [4.69, 9.17) is 33.3 Å². The molecule has 0 aliphatic carbocycles. The highest BCUT2D eigenvalue weighted by molar-refractivity contribution is 7.80. The van der Waals surface area contributed by atoms with Crippen molar-refractivity contribution in [3.63, 3.8) is 0 Å². The normalized spacial score (nSPS) is 13.5. The smallest absolute Gasteiger partial charge is 0.296 e. The summed E-state index contributed by atoms with van der Waals surface area (Å²) < 4.78 is 10.3. The first-order valence-corrected chi connectivity index (χ1v) is 10.1. The number of benzene rings is 2. The van der Waals surface area contributed by atoms with Crippen LogP contribution in [0.15, 0.2) is 36.4 Å². The molecule has 2 aromatic carbocycles. The van der Waals surface area contributed by atoms with Crippen LogP contribution in [0.25, 0.3) is 0 Å². The molecule has 31 heavy (non-hydrogen) atoms. The fourth-order valence-corrected chi connectivity index (χ4v) is 3.74. The quantitative estimate of drug-likeness (QED) is 0.409. The van der Waals surface area contributed by atoms with Crippen LogP contribution in [0.4, 0.5) is 11.4 Å². The Morgan fingerprint density at radius 3 is 2.45 bits per heavy atom. The van der Waals surface area contributed by atoms with E-state index in [9.17, 15) is 14.9 Å². The van der Waals surface area contributed by atoms with E-state index in [1.54, 1.807) is 24.3 Å². The Kier molecular flexibility index (Phi) is 7.13. The molecule has 1 N–H and O–H groups in total. The fourth-order valence-electron chi connectivity index (χ4n) is 3.30. The Labute approximate surface area is 189 Å². The average Bonchev–Trinajstić information content (AvgIpc) is 2.78. The zero-order chi connectivity index (χ0) is 22.5. The van der Waals surface area contributed by atoms with Crippen LogP contribution in [0.1, 0.15) is 10.4 Å². The van der Waals surface area contributed by atoms with Crippen LogP contribution in [-0.2, 0) is 0 Å². The predicted octanol–water partition coefficient (Wildman–Crippen LogP) is 3.10. The molecule has 0 bridgehead atoms. The number of carbonyl (C=O) groups excluding carboxylic acids is 1. The summed E-state index contributed by atoms with van der Waals surface area (Å²) in [7, 11) is 2.93. The number of ether oxygens (including phenoxy) is 2. The molecule has 0 atom stereocenters. The number of nitrogens with one attached hydrogen (secondary N) is 1. The number of nitro groups is 1. The summed E-state index contributed by atoms with van der Waals surface area (Å²) in [6, 6.07) is 9.54. The van der Waals surface area contributed by atoms with Gasteiger partial charge in [0, 0.05) is 31.2 Å². The van der Waals surface area contributed by atoms with E-state index in [0.29, 0.717) is 48.4 Å². The molecular weight excluding hydrogens is 444 g/mol. The summed E-state index contributed by atoms with van der Waals surface area (Å²) in [5.74, 6) is 0.397. The highest BCUT2D eigenvalue weighted by Crippen LogP contribution is 2.32. The minimum Gasteiger partial charge on any atom is -0.496 e. The first-order chi connectivity index (χ1) is 14.8. The van der Waals surface area contributed by atoms with Crippen molar-refractivity contribution in [2.45, 2.75) is 0 Å². The van der Waals surface area contributed by atoms with Gasteiger partial charge >= 0.3 is 0 Å². The number of methoxy groups -OCH3 is 2. The van der Waals surface area contributed by atoms with Gasteiger partial charge in [0.2, 0.25) is 0 Å². The number of thiocarbonyl (C=S) groups is 1. The van der Waals surface area contributed by atoms with Gasteiger partial charge in [0.15, 0.2) is 5.11 Å². The first-order valence-electron chi connectivity index (χ1n) is 9.35. The third-order valence-electron chi connectivity index (χ3n) is 4.91. The first kappa shape index (κ1) is 22.6. The minimum absolute atomic E-state index is 0.0169. The van der Waals surface area contributed by atoms with Crippen LogP contribution >= 0.6 is 23.8 Å². The lowest BCUT2D eigenvalue weighted by Gasteiger charge is -2.37. The zero-order valence-electron chi connectivity index (χ0n) is 17.0. The molecule has 0 unspecified atom stereocenters. The van der Waals surface area contributed by atoms with Gasteiger partial charge in [-0.2, -0.15) is 0 Å². The van der Waals surface area contributed by atoms with Gasteiger partial charge < -0.3 is 19.3 Å². The Morgan fingerprint density at radius 2 is 1.84 bits per heavy atom.